The number of thioether (sulfide) groups is 1. The first-order valence-corrected chi connectivity index (χ1v) is 13.1. The van der Waals surface area contributed by atoms with Gasteiger partial charge in [-0.3, -0.25) is 4.79 Å². The lowest BCUT2D eigenvalue weighted by Gasteiger charge is -2.33. The number of hydrogen-bond donors (Lipinski definition) is 1. The van der Waals surface area contributed by atoms with E-state index in [-0.39, 0.29) is 23.7 Å². The van der Waals surface area contributed by atoms with E-state index < -0.39 is 10.0 Å². The van der Waals surface area contributed by atoms with Crippen molar-refractivity contribution in [3.63, 3.8) is 0 Å². The Morgan fingerprint density at radius 2 is 1.75 bits per heavy atom. The molecule has 1 saturated heterocycles. The molecule has 2 N–H and O–H groups in total. The number of carbonyl (C=O) groups excluding carboxylic acids is 1. The number of nitrogens with zero attached hydrogens (tertiary/aromatic N) is 5. The number of carbonyl (C=O) groups is 1. The number of nitrogens with two attached hydrogens (primary N) is 1. The van der Waals surface area contributed by atoms with E-state index in [4.69, 9.17) is 10.6 Å². The number of sulfonamides is 1. The summed E-state index contributed by atoms with van der Waals surface area (Å²) in [5.41, 5.74) is 1.29. The molecular weight excluding hydrogens is 452 g/mol. The van der Waals surface area contributed by atoms with Gasteiger partial charge in [0.1, 0.15) is 12.4 Å². The molecule has 10 nitrogen and oxygen atoms in total. The molecule has 12 heteroatoms. The fourth-order valence-electron chi connectivity index (χ4n) is 3.19. The molecule has 1 aliphatic heterocycles. The molecule has 3 rings (SSSR count). The minimum atomic E-state index is -3.23. The van der Waals surface area contributed by atoms with E-state index in [2.05, 4.69) is 31.0 Å². The summed E-state index contributed by atoms with van der Waals surface area (Å²) in [4.78, 5) is 14.1. The van der Waals surface area contributed by atoms with E-state index in [1.807, 2.05) is 24.3 Å². The molecule has 1 aliphatic rings. The highest BCUT2D eigenvalue weighted by molar-refractivity contribution is 7.99. The van der Waals surface area contributed by atoms with Crippen molar-refractivity contribution in [2.75, 3.05) is 44.0 Å². The van der Waals surface area contributed by atoms with Crippen LogP contribution in [-0.4, -0.2) is 76.6 Å². The van der Waals surface area contributed by atoms with E-state index in [9.17, 15) is 13.2 Å². The van der Waals surface area contributed by atoms with E-state index in [0.717, 1.165) is 0 Å². The van der Waals surface area contributed by atoms with Crippen LogP contribution in [0.3, 0.4) is 0 Å². The summed E-state index contributed by atoms with van der Waals surface area (Å²) in [7, 11) is -3.23. The monoisotopic (exact) mass is 482 g/mol. The molecule has 1 amide bonds. The summed E-state index contributed by atoms with van der Waals surface area (Å²) in [6.45, 7) is 7.96. The smallest absolute Gasteiger partial charge is 0.233 e. The molecule has 0 atom stereocenters. The maximum absolute atomic E-state index is 12.5. The van der Waals surface area contributed by atoms with Crippen molar-refractivity contribution in [1.82, 2.24) is 24.1 Å². The summed E-state index contributed by atoms with van der Waals surface area (Å²) < 4.78 is 31.6. The summed E-state index contributed by atoms with van der Waals surface area (Å²) in [5, 5.41) is 8.52. The zero-order valence-corrected chi connectivity index (χ0v) is 20.4. The van der Waals surface area contributed by atoms with Crippen LogP contribution in [0.2, 0.25) is 0 Å². The molecular formula is C20H30N6O4S2. The number of hydrogen-bond acceptors (Lipinski definition) is 8. The van der Waals surface area contributed by atoms with Crippen LogP contribution in [0.1, 0.15) is 32.2 Å². The Morgan fingerprint density at radius 3 is 2.31 bits per heavy atom. The third-order valence-corrected chi connectivity index (χ3v) is 7.44. The number of piperazine rings is 1. The van der Waals surface area contributed by atoms with Gasteiger partial charge < -0.3 is 15.5 Å². The van der Waals surface area contributed by atoms with E-state index in [0.29, 0.717) is 42.9 Å². The fourth-order valence-corrected chi connectivity index (χ4v) is 4.79. The van der Waals surface area contributed by atoms with E-state index in [1.54, 1.807) is 4.90 Å². The standard InChI is InChI=1S/C20H30N6O4S2/c1-20(2,3)15-5-7-16(8-6-15)30-13-17-22-23-19(26(17)21)31-14-18(27)24-9-11-25(12-10-24)32(4,28)29/h5-8H,9-14,21H2,1-4H3. The van der Waals surface area contributed by atoms with Crippen molar-refractivity contribution in [2.24, 2.45) is 0 Å². The Bertz CT molecular complexity index is 1040. The van der Waals surface area contributed by atoms with Gasteiger partial charge in [0.25, 0.3) is 0 Å². The maximum Gasteiger partial charge on any atom is 0.233 e. The number of benzene rings is 1. The average Bonchev–Trinajstić information content (AvgIpc) is 3.09. The quantitative estimate of drug-likeness (QED) is 0.459. The molecule has 0 bridgehead atoms. The summed E-state index contributed by atoms with van der Waals surface area (Å²) >= 11 is 1.19. The Morgan fingerprint density at radius 1 is 1.12 bits per heavy atom. The predicted molar refractivity (Wildman–Crippen MR) is 123 cm³/mol. The lowest BCUT2D eigenvalue weighted by atomic mass is 9.87. The number of nitrogen functional groups attached to an aromatic ring is 1. The van der Waals surface area contributed by atoms with Gasteiger partial charge in [-0.2, -0.15) is 4.31 Å². The second kappa shape index (κ2) is 9.67. The van der Waals surface area contributed by atoms with Crippen LogP contribution >= 0.6 is 11.8 Å². The number of amides is 1. The van der Waals surface area contributed by atoms with Gasteiger partial charge in [-0.25, -0.2) is 13.1 Å². The number of ether oxygens (including phenoxy) is 1. The van der Waals surface area contributed by atoms with Crippen LogP contribution < -0.4 is 10.6 Å². The van der Waals surface area contributed by atoms with Crippen molar-refractivity contribution < 1.29 is 17.9 Å². The molecule has 0 spiro atoms. The molecule has 0 radical (unpaired) electrons. The highest BCUT2D eigenvalue weighted by Crippen LogP contribution is 2.24. The maximum atomic E-state index is 12.5. The first-order valence-electron chi connectivity index (χ1n) is 10.2. The van der Waals surface area contributed by atoms with Gasteiger partial charge in [0.15, 0.2) is 5.82 Å². The first-order chi connectivity index (χ1) is 14.9. The van der Waals surface area contributed by atoms with Crippen molar-refractivity contribution in [1.29, 1.82) is 0 Å². The van der Waals surface area contributed by atoms with Crippen molar-refractivity contribution in [3.05, 3.63) is 35.7 Å². The van der Waals surface area contributed by atoms with Crippen molar-refractivity contribution in [3.8, 4) is 5.75 Å². The fraction of sp³-hybridized carbons (Fsp3) is 0.550. The van der Waals surface area contributed by atoms with Gasteiger partial charge >= 0.3 is 0 Å². The van der Waals surface area contributed by atoms with Crippen LogP contribution in [-0.2, 0) is 26.8 Å². The van der Waals surface area contributed by atoms with Gasteiger partial charge in [-0.1, -0.05) is 44.7 Å². The Balaban J connectivity index is 1.49. The van der Waals surface area contributed by atoms with E-state index >= 15 is 0 Å². The van der Waals surface area contributed by atoms with Crippen LogP contribution in [0, 0.1) is 0 Å². The molecule has 0 saturated carbocycles. The van der Waals surface area contributed by atoms with Crippen LogP contribution in [0.4, 0.5) is 0 Å². The van der Waals surface area contributed by atoms with E-state index in [1.165, 1.54) is 32.6 Å². The zero-order chi connectivity index (χ0) is 23.5. The van der Waals surface area contributed by atoms with Crippen molar-refractivity contribution >= 4 is 27.7 Å². The molecule has 2 heterocycles. The Labute approximate surface area is 193 Å². The molecule has 1 aromatic carbocycles. The molecule has 0 unspecified atom stereocenters. The summed E-state index contributed by atoms with van der Waals surface area (Å²) in [6.07, 6.45) is 1.18. The largest absolute Gasteiger partial charge is 0.486 e. The lowest BCUT2D eigenvalue weighted by Crippen LogP contribution is -2.50. The summed E-state index contributed by atoms with van der Waals surface area (Å²) in [5.74, 6) is 7.27. The van der Waals surface area contributed by atoms with Crippen LogP contribution in [0.25, 0.3) is 0 Å². The molecule has 2 aromatic rings. The SMILES string of the molecule is CC(C)(C)c1ccc(OCc2nnc(SCC(=O)N3CCN(S(C)(=O)=O)CC3)n2N)cc1. The van der Waals surface area contributed by atoms with Gasteiger partial charge in [0.05, 0.1) is 12.0 Å². The molecule has 176 valence electrons. The predicted octanol–water partition coefficient (Wildman–Crippen LogP) is 1.06. The molecule has 1 aromatic heterocycles. The Hall–Kier alpha value is -2.31. The number of aromatic nitrogens is 3. The lowest BCUT2D eigenvalue weighted by molar-refractivity contribution is -0.129. The third kappa shape index (κ3) is 6.14. The van der Waals surface area contributed by atoms with Gasteiger partial charge in [0, 0.05) is 26.2 Å². The van der Waals surface area contributed by atoms with Gasteiger partial charge in [-0.05, 0) is 23.1 Å². The first kappa shape index (κ1) is 24.3. The number of rotatable bonds is 7. The topological polar surface area (TPSA) is 124 Å². The highest BCUT2D eigenvalue weighted by atomic mass is 32.2. The second-order valence-electron chi connectivity index (χ2n) is 8.66. The zero-order valence-electron chi connectivity index (χ0n) is 18.8. The average molecular weight is 483 g/mol. The Kier molecular flexibility index (Phi) is 7.36. The summed E-state index contributed by atoms with van der Waals surface area (Å²) in [6, 6.07) is 7.89. The van der Waals surface area contributed by atoms with Crippen LogP contribution in [0.5, 0.6) is 5.75 Å². The van der Waals surface area contributed by atoms with Gasteiger partial charge in [0.2, 0.25) is 21.1 Å². The normalized spacial score (nSPS) is 15.7. The molecule has 32 heavy (non-hydrogen) atoms. The minimum Gasteiger partial charge on any atom is -0.486 e. The second-order valence-corrected chi connectivity index (χ2v) is 11.6. The minimum absolute atomic E-state index is 0.0702. The van der Waals surface area contributed by atoms with Gasteiger partial charge in [-0.15, -0.1) is 10.2 Å². The van der Waals surface area contributed by atoms with Crippen LogP contribution in [0.15, 0.2) is 29.4 Å². The van der Waals surface area contributed by atoms with Crippen molar-refractivity contribution in [2.45, 2.75) is 37.9 Å². The molecule has 1 fully saturated rings. The third-order valence-electron chi connectivity index (χ3n) is 5.21. The molecule has 0 aliphatic carbocycles. The highest BCUT2D eigenvalue weighted by Gasteiger charge is 2.26.